The number of piperidine rings is 1. The van der Waals surface area contributed by atoms with Gasteiger partial charge < -0.3 is 4.90 Å². The predicted octanol–water partition coefficient (Wildman–Crippen LogP) is 4.80. The summed E-state index contributed by atoms with van der Waals surface area (Å²) in [7, 11) is 0. The van der Waals surface area contributed by atoms with E-state index in [0.717, 1.165) is 49.1 Å². The number of thioether (sulfide) groups is 1. The van der Waals surface area contributed by atoms with Crippen molar-refractivity contribution in [2.45, 2.75) is 69.2 Å². The van der Waals surface area contributed by atoms with Crippen molar-refractivity contribution in [2.24, 2.45) is 5.92 Å². The van der Waals surface area contributed by atoms with Gasteiger partial charge in [0.05, 0.1) is 5.75 Å². The minimum absolute atomic E-state index is 0.275. The second-order valence-electron chi connectivity index (χ2n) is 8.42. The summed E-state index contributed by atoms with van der Waals surface area (Å²) in [6.45, 7) is 4.21. The molecule has 0 spiro atoms. The molecule has 0 radical (unpaired) electrons. The van der Waals surface area contributed by atoms with Crippen LogP contribution in [0.2, 0.25) is 0 Å². The number of carbonyl (C=O) groups excluding carboxylic acids is 1. The Morgan fingerprint density at radius 2 is 2.00 bits per heavy atom. The van der Waals surface area contributed by atoms with E-state index in [1.54, 1.807) is 11.8 Å². The second kappa shape index (κ2) is 7.36. The van der Waals surface area contributed by atoms with Crippen LogP contribution in [0.5, 0.6) is 0 Å². The maximum Gasteiger partial charge on any atom is 0.232 e. The molecule has 27 heavy (non-hydrogen) atoms. The first kappa shape index (κ1) is 17.9. The predicted molar refractivity (Wildman–Crippen MR) is 112 cm³/mol. The van der Waals surface area contributed by atoms with Crippen molar-refractivity contribution in [3.63, 3.8) is 0 Å². The van der Waals surface area contributed by atoms with Crippen LogP contribution in [-0.4, -0.2) is 39.6 Å². The van der Waals surface area contributed by atoms with E-state index in [-0.39, 0.29) is 5.91 Å². The summed E-state index contributed by atoms with van der Waals surface area (Å²) in [5, 5.41) is 2.34. The second-order valence-corrected chi connectivity index (χ2v) is 10.5. The smallest absolute Gasteiger partial charge is 0.232 e. The van der Waals surface area contributed by atoms with E-state index >= 15 is 0 Å². The van der Waals surface area contributed by atoms with Crippen molar-refractivity contribution in [3.8, 4) is 0 Å². The van der Waals surface area contributed by atoms with E-state index < -0.39 is 0 Å². The number of aryl methyl sites for hydroxylation is 1. The molecule has 2 fully saturated rings. The van der Waals surface area contributed by atoms with E-state index in [1.807, 2.05) is 16.2 Å². The Bertz CT molecular complexity index is 868. The average molecular weight is 402 g/mol. The number of hydrogen-bond acceptors (Lipinski definition) is 5. The van der Waals surface area contributed by atoms with Crippen LogP contribution in [0.1, 0.15) is 67.6 Å². The van der Waals surface area contributed by atoms with Gasteiger partial charge in [0.15, 0.2) is 0 Å². The molecule has 5 rings (SSSR count). The molecule has 4 nitrogen and oxygen atoms in total. The lowest BCUT2D eigenvalue weighted by Crippen LogP contribution is -2.36. The summed E-state index contributed by atoms with van der Waals surface area (Å²) >= 11 is 3.53. The molecule has 1 saturated carbocycles. The van der Waals surface area contributed by atoms with Crippen LogP contribution in [0.4, 0.5) is 0 Å². The van der Waals surface area contributed by atoms with E-state index in [4.69, 9.17) is 9.97 Å². The Hall–Kier alpha value is -1.14. The van der Waals surface area contributed by atoms with Gasteiger partial charge in [0.25, 0.3) is 0 Å². The molecule has 144 valence electrons. The quantitative estimate of drug-likeness (QED) is 0.545. The molecule has 0 bridgehead atoms. The van der Waals surface area contributed by atoms with Crippen LogP contribution in [-0.2, 0) is 17.6 Å². The average Bonchev–Trinajstić information content (AvgIpc) is 3.47. The normalized spacial score (nSPS) is 22.9. The lowest BCUT2D eigenvalue weighted by Gasteiger charge is -2.26. The van der Waals surface area contributed by atoms with Gasteiger partial charge >= 0.3 is 0 Å². The highest BCUT2D eigenvalue weighted by molar-refractivity contribution is 8.00. The molecule has 2 aromatic rings. The fraction of sp³-hybridized carbons (Fsp3) is 0.667. The maximum absolute atomic E-state index is 12.7. The SMILES string of the molecule is CC1CCc2c(sc3nc(C4CC4)nc(SCC(=O)N4CCCCC4)c23)C1. The number of rotatable bonds is 4. The fourth-order valence-electron chi connectivity index (χ4n) is 4.32. The summed E-state index contributed by atoms with van der Waals surface area (Å²) in [5.74, 6) is 3.11. The van der Waals surface area contributed by atoms with Gasteiger partial charge in [-0.15, -0.1) is 11.3 Å². The molecule has 3 aliphatic rings. The summed E-state index contributed by atoms with van der Waals surface area (Å²) in [4.78, 5) is 27.3. The highest BCUT2D eigenvalue weighted by Gasteiger charge is 2.30. The molecule has 2 aromatic heterocycles. The van der Waals surface area contributed by atoms with Gasteiger partial charge in [0.1, 0.15) is 15.7 Å². The first-order chi connectivity index (χ1) is 13.2. The lowest BCUT2D eigenvalue weighted by atomic mass is 9.89. The van der Waals surface area contributed by atoms with Crippen molar-refractivity contribution in [1.29, 1.82) is 0 Å². The molecule has 1 atom stereocenters. The number of thiophene rings is 1. The van der Waals surface area contributed by atoms with Crippen LogP contribution in [0.3, 0.4) is 0 Å². The molecule has 0 aromatic carbocycles. The molecule has 1 aliphatic heterocycles. The van der Waals surface area contributed by atoms with Gasteiger partial charge in [-0.2, -0.15) is 0 Å². The molecular weight excluding hydrogens is 374 g/mol. The first-order valence-electron chi connectivity index (χ1n) is 10.4. The number of likely N-dealkylation sites (tertiary alicyclic amines) is 1. The fourth-order valence-corrected chi connectivity index (χ4v) is 6.74. The topological polar surface area (TPSA) is 46.1 Å². The van der Waals surface area contributed by atoms with Crippen LogP contribution in [0, 0.1) is 5.92 Å². The highest BCUT2D eigenvalue weighted by Crippen LogP contribution is 2.44. The van der Waals surface area contributed by atoms with E-state index in [1.165, 1.54) is 52.8 Å². The van der Waals surface area contributed by atoms with E-state index in [2.05, 4.69) is 6.92 Å². The Morgan fingerprint density at radius 1 is 1.19 bits per heavy atom. The molecule has 3 heterocycles. The molecule has 1 amide bonds. The molecule has 1 unspecified atom stereocenters. The van der Waals surface area contributed by atoms with Crippen LogP contribution >= 0.6 is 23.1 Å². The number of hydrogen-bond donors (Lipinski definition) is 0. The number of amides is 1. The third-order valence-electron chi connectivity index (χ3n) is 6.12. The van der Waals surface area contributed by atoms with Gasteiger partial charge in [0, 0.05) is 29.3 Å². The van der Waals surface area contributed by atoms with Gasteiger partial charge in [-0.05, 0) is 62.8 Å². The molecule has 2 aliphatic carbocycles. The van der Waals surface area contributed by atoms with Crippen LogP contribution in [0.15, 0.2) is 5.03 Å². The zero-order valence-corrected chi connectivity index (χ0v) is 17.6. The van der Waals surface area contributed by atoms with E-state index in [9.17, 15) is 4.79 Å². The van der Waals surface area contributed by atoms with Crippen molar-refractivity contribution < 1.29 is 4.79 Å². The summed E-state index contributed by atoms with van der Waals surface area (Å²) in [6, 6.07) is 0. The zero-order chi connectivity index (χ0) is 18.4. The van der Waals surface area contributed by atoms with Gasteiger partial charge in [0.2, 0.25) is 5.91 Å². The Kier molecular flexibility index (Phi) is 4.88. The van der Waals surface area contributed by atoms with Crippen molar-refractivity contribution in [3.05, 3.63) is 16.3 Å². The molecular formula is C21H27N3OS2. The monoisotopic (exact) mass is 401 g/mol. The van der Waals surface area contributed by atoms with Crippen molar-refractivity contribution in [2.75, 3.05) is 18.8 Å². The zero-order valence-electron chi connectivity index (χ0n) is 16.0. The number of aromatic nitrogens is 2. The van der Waals surface area contributed by atoms with Gasteiger partial charge in [-0.3, -0.25) is 4.79 Å². The summed E-state index contributed by atoms with van der Waals surface area (Å²) in [6.07, 6.45) is 9.54. The van der Waals surface area contributed by atoms with Gasteiger partial charge in [-0.1, -0.05) is 18.7 Å². The minimum atomic E-state index is 0.275. The Morgan fingerprint density at radius 3 is 2.78 bits per heavy atom. The van der Waals surface area contributed by atoms with E-state index in [0.29, 0.717) is 11.7 Å². The number of nitrogens with zero attached hydrogens (tertiary/aromatic N) is 3. The van der Waals surface area contributed by atoms with Crippen LogP contribution < -0.4 is 0 Å². The molecule has 6 heteroatoms. The van der Waals surface area contributed by atoms with Crippen molar-refractivity contribution >= 4 is 39.2 Å². The largest absolute Gasteiger partial charge is 0.342 e. The number of carbonyl (C=O) groups is 1. The summed E-state index contributed by atoms with van der Waals surface area (Å²) < 4.78 is 0. The standard InChI is InChI=1S/C21H27N3OS2/c1-13-5-8-15-16(11-13)27-21-18(15)20(22-19(23-21)14-6-7-14)26-12-17(25)24-9-3-2-4-10-24/h13-14H,2-12H2,1H3. The Balaban J connectivity index is 1.45. The van der Waals surface area contributed by atoms with Crippen LogP contribution in [0.25, 0.3) is 10.2 Å². The first-order valence-corrected chi connectivity index (χ1v) is 12.2. The lowest BCUT2D eigenvalue weighted by molar-refractivity contribution is -0.129. The number of fused-ring (bicyclic) bond motifs is 3. The minimum Gasteiger partial charge on any atom is -0.342 e. The Labute approximate surface area is 169 Å². The third kappa shape index (κ3) is 3.63. The molecule has 1 saturated heterocycles. The highest BCUT2D eigenvalue weighted by atomic mass is 32.2. The third-order valence-corrected chi connectivity index (χ3v) is 8.23. The van der Waals surface area contributed by atoms with Gasteiger partial charge in [-0.25, -0.2) is 9.97 Å². The molecule has 0 N–H and O–H groups in total. The summed E-state index contributed by atoms with van der Waals surface area (Å²) in [5.41, 5.74) is 1.48. The maximum atomic E-state index is 12.7. The van der Waals surface area contributed by atoms with Crippen molar-refractivity contribution in [1.82, 2.24) is 14.9 Å².